The van der Waals surface area contributed by atoms with Crippen molar-refractivity contribution in [1.82, 2.24) is 0 Å². The molecule has 0 aromatic carbocycles. The Bertz CT molecular complexity index is 169. The van der Waals surface area contributed by atoms with E-state index in [0.29, 0.717) is 19.0 Å². The predicted molar refractivity (Wildman–Crippen MR) is 52.7 cm³/mol. The third kappa shape index (κ3) is 2.80. The molecule has 0 spiro atoms. The van der Waals surface area contributed by atoms with Crippen molar-refractivity contribution in [2.24, 2.45) is 5.41 Å². The average molecular weight is 184 g/mol. The van der Waals surface area contributed by atoms with Crippen molar-refractivity contribution in [1.29, 1.82) is 0 Å². The lowest BCUT2D eigenvalue weighted by Crippen LogP contribution is -2.28. The summed E-state index contributed by atoms with van der Waals surface area (Å²) in [6.07, 6.45) is 5.51. The second kappa shape index (κ2) is 4.75. The fourth-order valence-corrected chi connectivity index (χ4v) is 1.92. The first-order valence-electron chi connectivity index (χ1n) is 5.30. The van der Waals surface area contributed by atoms with Crippen molar-refractivity contribution in [3.8, 4) is 0 Å². The Labute approximate surface area is 80.7 Å². The smallest absolute Gasteiger partial charge is 0.164 e. The van der Waals surface area contributed by atoms with Gasteiger partial charge in [0.1, 0.15) is 6.61 Å². The van der Waals surface area contributed by atoms with Gasteiger partial charge in [0.05, 0.1) is 0 Å². The summed E-state index contributed by atoms with van der Waals surface area (Å²) in [5.74, 6) is 0.304. The maximum Gasteiger partial charge on any atom is 0.164 e. The number of rotatable bonds is 5. The van der Waals surface area contributed by atoms with Gasteiger partial charge < -0.3 is 4.74 Å². The van der Waals surface area contributed by atoms with Crippen LogP contribution in [0.5, 0.6) is 0 Å². The Kier molecular flexibility index (Phi) is 3.91. The lowest BCUT2D eigenvalue weighted by atomic mass is 9.84. The number of ether oxygens (including phenoxy) is 1. The second-order valence-electron chi connectivity index (χ2n) is 4.24. The van der Waals surface area contributed by atoms with Crippen molar-refractivity contribution in [3.05, 3.63) is 0 Å². The lowest BCUT2D eigenvalue weighted by molar-refractivity contribution is -0.132. The molecule has 2 heteroatoms. The van der Waals surface area contributed by atoms with E-state index in [0.717, 1.165) is 19.3 Å². The van der Waals surface area contributed by atoms with Gasteiger partial charge in [-0.25, -0.2) is 0 Å². The first-order valence-corrected chi connectivity index (χ1v) is 5.30. The minimum absolute atomic E-state index is 0.0618. The topological polar surface area (TPSA) is 26.3 Å². The van der Waals surface area contributed by atoms with Crippen LogP contribution in [-0.4, -0.2) is 19.0 Å². The highest BCUT2D eigenvalue weighted by atomic mass is 16.5. The summed E-state index contributed by atoms with van der Waals surface area (Å²) in [5, 5.41) is 0. The second-order valence-corrected chi connectivity index (χ2v) is 4.24. The van der Waals surface area contributed by atoms with Gasteiger partial charge in [0.15, 0.2) is 5.78 Å². The van der Waals surface area contributed by atoms with E-state index in [2.05, 4.69) is 13.8 Å². The van der Waals surface area contributed by atoms with Gasteiger partial charge in [0.2, 0.25) is 0 Å². The maximum atomic E-state index is 11.7. The Balaban J connectivity index is 2.29. The normalized spacial score (nSPS) is 20.5. The van der Waals surface area contributed by atoms with Crippen LogP contribution < -0.4 is 0 Å². The molecule has 0 saturated heterocycles. The van der Waals surface area contributed by atoms with Gasteiger partial charge in [-0.15, -0.1) is 0 Å². The molecule has 1 saturated carbocycles. The molecule has 0 radical (unpaired) electrons. The molecule has 76 valence electrons. The Morgan fingerprint density at radius 2 is 2.00 bits per heavy atom. The van der Waals surface area contributed by atoms with Crippen molar-refractivity contribution in [3.63, 3.8) is 0 Å². The summed E-state index contributed by atoms with van der Waals surface area (Å²) in [5.41, 5.74) is -0.0618. The fraction of sp³-hybridized carbons (Fsp3) is 0.909. The van der Waals surface area contributed by atoms with E-state index < -0.39 is 0 Å². The Morgan fingerprint density at radius 3 is 2.54 bits per heavy atom. The van der Waals surface area contributed by atoms with Crippen LogP contribution in [0, 0.1) is 5.41 Å². The van der Waals surface area contributed by atoms with Crippen LogP contribution in [0.15, 0.2) is 0 Å². The first-order chi connectivity index (χ1) is 6.19. The standard InChI is InChI=1S/C11H20O2/c1-3-8-13-9-10(12)11(2)6-4-5-7-11/h3-9H2,1-2H3. The predicted octanol–water partition coefficient (Wildman–Crippen LogP) is 2.56. The Hall–Kier alpha value is -0.370. The molecule has 0 N–H and O–H groups in total. The molecule has 0 amide bonds. The summed E-state index contributed by atoms with van der Waals surface area (Å²) >= 11 is 0. The number of carbonyl (C=O) groups excluding carboxylic acids is 1. The number of ketones is 1. The highest BCUT2D eigenvalue weighted by Crippen LogP contribution is 2.38. The number of hydrogen-bond acceptors (Lipinski definition) is 2. The van der Waals surface area contributed by atoms with Crippen LogP contribution >= 0.6 is 0 Å². The van der Waals surface area contributed by atoms with E-state index in [1.165, 1.54) is 12.8 Å². The number of carbonyl (C=O) groups is 1. The molecular formula is C11H20O2. The molecule has 0 unspecified atom stereocenters. The van der Waals surface area contributed by atoms with Gasteiger partial charge >= 0.3 is 0 Å². The van der Waals surface area contributed by atoms with Crippen LogP contribution in [0.3, 0.4) is 0 Å². The highest BCUT2D eigenvalue weighted by Gasteiger charge is 2.35. The molecule has 0 bridgehead atoms. The molecule has 1 aliphatic carbocycles. The van der Waals surface area contributed by atoms with E-state index in [1.807, 2.05) is 0 Å². The third-order valence-electron chi connectivity index (χ3n) is 2.96. The fourth-order valence-electron chi connectivity index (χ4n) is 1.92. The summed E-state index contributed by atoms with van der Waals surface area (Å²) < 4.78 is 5.27. The minimum atomic E-state index is -0.0618. The quantitative estimate of drug-likeness (QED) is 0.614. The van der Waals surface area contributed by atoms with Crippen LogP contribution in [-0.2, 0) is 9.53 Å². The maximum absolute atomic E-state index is 11.7. The summed E-state index contributed by atoms with van der Waals surface area (Å²) in [6, 6.07) is 0. The zero-order valence-corrected chi connectivity index (χ0v) is 8.77. The van der Waals surface area contributed by atoms with Gasteiger partial charge in [-0.2, -0.15) is 0 Å². The highest BCUT2D eigenvalue weighted by molar-refractivity contribution is 5.85. The molecule has 0 atom stereocenters. The largest absolute Gasteiger partial charge is 0.374 e. The van der Waals surface area contributed by atoms with Gasteiger partial charge in [-0.3, -0.25) is 4.79 Å². The molecule has 1 rings (SSSR count). The zero-order chi connectivity index (χ0) is 9.73. The molecule has 2 nitrogen and oxygen atoms in total. The monoisotopic (exact) mass is 184 g/mol. The van der Waals surface area contributed by atoms with Crippen molar-refractivity contribution < 1.29 is 9.53 Å². The van der Waals surface area contributed by atoms with Crippen LogP contribution in [0.2, 0.25) is 0 Å². The average Bonchev–Trinajstić information content (AvgIpc) is 2.54. The van der Waals surface area contributed by atoms with E-state index in [4.69, 9.17) is 4.74 Å². The summed E-state index contributed by atoms with van der Waals surface area (Å²) in [4.78, 5) is 11.7. The number of Topliss-reactive ketones (excluding diaryl/α,β-unsaturated/α-hetero) is 1. The number of hydrogen-bond donors (Lipinski definition) is 0. The molecule has 1 aliphatic rings. The van der Waals surface area contributed by atoms with Crippen molar-refractivity contribution in [2.75, 3.05) is 13.2 Å². The van der Waals surface area contributed by atoms with Crippen molar-refractivity contribution in [2.45, 2.75) is 46.0 Å². The van der Waals surface area contributed by atoms with E-state index in [1.54, 1.807) is 0 Å². The van der Waals surface area contributed by atoms with Gasteiger partial charge in [-0.05, 0) is 19.3 Å². The van der Waals surface area contributed by atoms with Crippen LogP contribution in [0.4, 0.5) is 0 Å². The molecule has 0 heterocycles. The van der Waals surface area contributed by atoms with Crippen molar-refractivity contribution >= 4 is 5.78 Å². The molecular weight excluding hydrogens is 164 g/mol. The van der Waals surface area contributed by atoms with Crippen LogP contribution in [0.25, 0.3) is 0 Å². The summed E-state index contributed by atoms with van der Waals surface area (Å²) in [6.45, 7) is 5.17. The third-order valence-corrected chi connectivity index (χ3v) is 2.96. The molecule has 1 fully saturated rings. The van der Waals surface area contributed by atoms with Crippen LogP contribution in [0.1, 0.15) is 46.0 Å². The first kappa shape index (κ1) is 10.7. The summed E-state index contributed by atoms with van der Waals surface area (Å²) in [7, 11) is 0. The SMILES string of the molecule is CCCOCC(=O)C1(C)CCCC1. The van der Waals surface area contributed by atoms with Gasteiger partial charge in [0.25, 0.3) is 0 Å². The molecule has 0 aromatic heterocycles. The molecule has 0 aliphatic heterocycles. The van der Waals surface area contributed by atoms with Gasteiger partial charge in [0, 0.05) is 12.0 Å². The Morgan fingerprint density at radius 1 is 1.38 bits per heavy atom. The zero-order valence-electron chi connectivity index (χ0n) is 8.77. The van der Waals surface area contributed by atoms with E-state index in [9.17, 15) is 4.79 Å². The minimum Gasteiger partial charge on any atom is -0.374 e. The van der Waals surface area contributed by atoms with Gasteiger partial charge in [-0.1, -0.05) is 26.7 Å². The molecule has 13 heavy (non-hydrogen) atoms. The molecule has 0 aromatic rings. The van der Waals surface area contributed by atoms with E-state index >= 15 is 0 Å². The van der Waals surface area contributed by atoms with E-state index in [-0.39, 0.29) is 5.41 Å². The lowest BCUT2D eigenvalue weighted by Gasteiger charge is -2.21.